The highest BCUT2D eigenvalue weighted by atomic mass is 32.2. The first-order valence-corrected chi connectivity index (χ1v) is 7.33. The molecule has 0 radical (unpaired) electrons. The largest absolute Gasteiger partial charge is 0.423 e. The quantitative estimate of drug-likeness (QED) is 0.844. The number of fused-ring (bicyclic) bond motifs is 1. The van der Waals surface area contributed by atoms with Crippen LogP contribution in [0.2, 0.25) is 0 Å². The predicted octanol–water partition coefficient (Wildman–Crippen LogP) is 2.74. The standard InChI is InChI=1S/C13H17N3OS/c1-2-10-8-16(5-6-18-10)13-15-11-7-9(14)3-4-12(11)17-13/h3-4,7,10H,2,5-6,8,14H2,1H3. The first kappa shape index (κ1) is 11.7. The molecule has 2 heterocycles. The number of oxazole rings is 1. The summed E-state index contributed by atoms with van der Waals surface area (Å²) in [4.78, 5) is 6.77. The number of anilines is 2. The SMILES string of the molecule is CCC1CN(c2nc3cc(N)ccc3o2)CCS1. The van der Waals surface area contributed by atoms with E-state index in [1.165, 1.54) is 6.42 Å². The van der Waals surface area contributed by atoms with Crippen LogP contribution in [0.15, 0.2) is 22.6 Å². The van der Waals surface area contributed by atoms with Gasteiger partial charge in [0.2, 0.25) is 0 Å². The molecule has 1 fully saturated rings. The number of hydrogen-bond acceptors (Lipinski definition) is 5. The summed E-state index contributed by atoms with van der Waals surface area (Å²) in [6.45, 7) is 4.25. The van der Waals surface area contributed by atoms with Crippen LogP contribution in [0, 0.1) is 0 Å². The predicted molar refractivity (Wildman–Crippen MR) is 77.2 cm³/mol. The van der Waals surface area contributed by atoms with E-state index in [0.29, 0.717) is 5.25 Å². The van der Waals surface area contributed by atoms with Crippen LogP contribution in [0.25, 0.3) is 11.1 Å². The van der Waals surface area contributed by atoms with Gasteiger partial charge in [-0.1, -0.05) is 6.92 Å². The number of rotatable bonds is 2. The lowest BCUT2D eigenvalue weighted by atomic mass is 10.3. The Morgan fingerprint density at radius 3 is 3.28 bits per heavy atom. The maximum Gasteiger partial charge on any atom is 0.298 e. The van der Waals surface area contributed by atoms with Gasteiger partial charge in [-0.3, -0.25) is 0 Å². The molecular formula is C13H17N3OS. The number of benzene rings is 1. The molecule has 1 unspecified atom stereocenters. The van der Waals surface area contributed by atoms with E-state index in [4.69, 9.17) is 10.2 Å². The van der Waals surface area contributed by atoms with Crippen molar-refractivity contribution in [1.82, 2.24) is 4.98 Å². The summed E-state index contributed by atoms with van der Waals surface area (Å²) >= 11 is 2.04. The average Bonchev–Trinajstić information content (AvgIpc) is 2.81. The second-order valence-electron chi connectivity index (χ2n) is 4.57. The Morgan fingerprint density at radius 2 is 2.44 bits per heavy atom. The van der Waals surface area contributed by atoms with E-state index in [1.807, 2.05) is 30.0 Å². The number of nitrogens with zero attached hydrogens (tertiary/aromatic N) is 2. The number of nitrogens with two attached hydrogens (primary N) is 1. The van der Waals surface area contributed by atoms with E-state index in [0.717, 1.165) is 41.6 Å². The smallest absolute Gasteiger partial charge is 0.298 e. The van der Waals surface area contributed by atoms with Crippen LogP contribution in [0.3, 0.4) is 0 Å². The fourth-order valence-corrected chi connectivity index (χ4v) is 3.39. The van der Waals surface area contributed by atoms with Crippen molar-refractivity contribution in [2.45, 2.75) is 18.6 Å². The third-order valence-electron chi connectivity index (χ3n) is 3.26. The summed E-state index contributed by atoms with van der Waals surface area (Å²) in [7, 11) is 0. The second-order valence-corrected chi connectivity index (χ2v) is 5.98. The lowest BCUT2D eigenvalue weighted by Gasteiger charge is -2.30. The maximum absolute atomic E-state index is 5.81. The van der Waals surface area contributed by atoms with Crippen LogP contribution in [-0.2, 0) is 0 Å². The lowest BCUT2D eigenvalue weighted by Crippen LogP contribution is -2.37. The first-order chi connectivity index (χ1) is 8.76. The van der Waals surface area contributed by atoms with Crippen molar-refractivity contribution in [1.29, 1.82) is 0 Å². The van der Waals surface area contributed by atoms with Crippen molar-refractivity contribution < 1.29 is 4.42 Å². The van der Waals surface area contributed by atoms with Gasteiger partial charge in [-0.05, 0) is 24.6 Å². The molecule has 1 aliphatic heterocycles. The van der Waals surface area contributed by atoms with Crippen molar-refractivity contribution in [2.75, 3.05) is 29.5 Å². The van der Waals surface area contributed by atoms with E-state index < -0.39 is 0 Å². The number of hydrogen-bond donors (Lipinski definition) is 1. The van der Waals surface area contributed by atoms with Gasteiger partial charge in [0, 0.05) is 29.8 Å². The Labute approximate surface area is 111 Å². The average molecular weight is 263 g/mol. The van der Waals surface area contributed by atoms with Crippen LogP contribution < -0.4 is 10.6 Å². The van der Waals surface area contributed by atoms with Gasteiger partial charge in [0.25, 0.3) is 6.01 Å². The fraction of sp³-hybridized carbons (Fsp3) is 0.462. The molecule has 1 saturated heterocycles. The molecule has 2 N–H and O–H groups in total. The van der Waals surface area contributed by atoms with Gasteiger partial charge in [0.05, 0.1) is 0 Å². The molecule has 0 bridgehead atoms. The van der Waals surface area contributed by atoms with Gasteiger partial charge >= 0.3 is 0 Å². The summed E-state index contributed by atoms with van der Waals surface area (Å²) in [6.07, 6.45) is 1.19. The highest BCUT2D eigenvalue weighted by Crippen LogP contribution is 2.28. The molecule has 3 rings (SSSR count). The molecule has 1 aromatic carbocycles. The van der Waals surface area contributed by atoms with Crippen LogP contribution in [-0.4, -0.2) is 29.1 Å². The van der Waals surface area contributed by atoms with Gasteiger partial charge in [-0.2, -0.15) is 16.7 Å². The van der Waals surface area contributed by atoms with Gasteiger partial charge in [0.15, 0.2) is 5.58 Å². The minimum atomic E-state index is 0.679. The summed E-state index contributed by atoms with van der Waals surface area (Å²) in [5.41, 5.74) is 8.14. The van der Waals surface area contributed by atoms with Crippen LogP contribution in [0.5, 0.6) is 0 Å². The minimum absolute atomic E-state index is 0.679. The molecule has 1 aromatic heterocycles. The van der Waals surface area contributed by atoms with Crippen molar-refractivity contribution in [2.24, 2.45) is 0 Å². The molecule has 96 valence electrons. The van der Waals surface area contributed by atoms with Gasteiger partial charge in [-0.25, -0.2) is 0 Å². The Hall–Kier alpha value is -1.36. The summed E-state index contributed by atoms with van der Waals surface area (Å²) in [5, 5.41) is 0.679. The Balaban J connectivity index is 1.89. The van der Waals surface area contributed by atoms with Crippen LogP contribution in [0.4, 0.5) is 11.7 Å². The zero-order valence-electron chi connectivity index (χ0n) is 10.4. The molecule has 0 spiro atoms. The van der Waals surface area contributed by atoms with Gasteiger partial charge in [-0.15, -0.1) is 0 Å². The lowest BCUT2D eigenvalue weighted by molar-refractivity contribution is 0.562. The van der Waals surface area contributed by atoms with E-state index in [9.17, 15) is 0 Å². The Bertz CT molecular complexity index is 554. The fourth-order valence-electron chi connectivity index (χ4n) is 2.21. The molecule has 1 aliphatic rings. The third-order valence-corrected chi connectivity index (χ3v) is 4.64. The number of nitrogen functional groups attached to an aromatic ring is 1. The zero-order chi connectivity index (χ0) is 12.5. The molecule has 0 saturated carbocycles. The number of thioether (sulfide) groups is 1. The van der Waals surface area contributed by atoms with E-state index in [1.54, 1.807) is 0 Å². The second kappa shape index (κ2) is 4.72. The van der Waals surface area contributed by atoms with Crippen LogP contribution in [0.1, 0.15) is 13.3 Å². The molecule has 0 amide bonds. The normalized spacial score (nSPS) is 20.5. The van der Waals surface area contributed by atoms with Gasteiger partial charge < -0.3 is 15.1 Å². The molecule has 1 atom stereocenters. The molecule has 4 nitrogen and oxygen atoms in total. The highest BCUT2D eigenvalue weighted by Gasteiger charge is 2.22. The van der Waals surface area contributed by atoms with Crippen molar-refractivity contribution in [3.8, 4) is 0 Å². The summed E-state index contributed by atoms with van der Waals surface area (Å²) < 4.78 is 5.81. The molecular weight excluding hydrogens is 246 g/mol. The Kier molecular flexibility index (Phi) is 3.07. The molecule has 18 heavy (non-hydrogen) atoms. The number of aromatic nitrogens is 1. The van der Waals surface area contributed by atoms with Crippen molar-refractivity contribution >= 4 is 34.6 Å². The molecule has 2 aromatic rings. The van der Waals surface area contributed by atoms with E-state index in [2.05, 4.69) is 16.8 Å². The van der Waals surface area contributed by atoms with E-state index >= 15 is 0 Å². The maximum atomic E-state index is 5.81. The first-order valence-electron chi connectivity index (χ1n) is 6.29. The Morgan fingerprint density at radius 1 is 1.56 bits per heavy atom. The zero-order valence-corrected chi connectivity index (χ0v) is 11.2. The monoisotopic (exact) mass is 263 g/mol. The van der Waals surface area contributed by atoms with Gasteiger partial charge in [0.1, 0.15) is 5.52 Å². The van der Waals surface area contributed by atoms with Crippen molar-refractivity contribution in [3.05, 3.63) is 18.2 Å². The topological polar surface area (TPSA) is 55.3 Å². The molecule has 0 aliphatic carbocycles. The van der Waals surface area contributed by atoms with Crippen LogP contribution >= 0.6 is 11.8 Å². The van der Waals surface area contributed by atoms with E-state index in [-0.39, 0.29) is 0 Å². The summed E-state index contributed by atoms with van der Waals surface area (Å²) in [6, 6.07) is 6.32. The van der Waals surface area contributed by atoms with Crippen molar-refractivity contribution in [3.63, 3.8) is 0 Å². The highest BCUT2D eigenvalue weighted by molar-refractivity contribution is 8.00. The third kappa shape index (κ3) is 2.14. The summed E-state index contributed by atoms with van der Waals surface area (Å²) in [5.74, 6) is 1.14. The molecule has 5 heteroatoms. The minimum Gasteiger partial charge on any atom is -0.423 e.